The van der Waals surface area contributed by atoms with E-state index in [9.17, 15) is 9.90 Å². The Morgan fingerprint density at radius 3 is 2.33 bits per heavy atom. The molecule has 5 N–H and O–H groups in total. The summed E-state index contributed by atoms with van der Waals surface area (Å²) in [6, 6.07) is 8.60. The van der Waals surface area contributed by atoms with Crippen LogP contribution in [0, 0.1) is 0 Å². The van der Waals surface area contributed by atoms with Crippen molar-refractivity contribution in [2.24, 2.45) is 5.73 Å². The normalized spacial score (nSPS) is 22.2. The topological polar surface area (TPSA) is 116 Å². The van der Waals surface area contributed by atoms with Crippen LogP contribution in [0.15, 0.2) is 24.3 Å². The number of aliphatic hydroxyl groups is 1. The van der Waals surface area contributed by atoms with E-state index in [1.165, 1.54) is 18.4 Å². The highest BCUT2D eigenvalue weighted by atomic mass is 16.3. The van der Waals surface area contributed by atoms with E-state index in [1.807, 2.05) is 19.1 Å². The van der Waals surface area contributed by atoms with E-state index in [-0.39, 0.29) is 17.8 Å². The van der Waals surface area contributed by atoms with E-state index in [2.05, 4.69) is 39.7 Å². The lowest BCUT2D eigenvalue weighted by molar-refractivity contribution is 0.0996. The minimum absolute atomic E-state index is 0.149. The number of primary amides is 1. The number of benzene rings is 1. The van der Waals surface area contributed by atoms with Crippen molar-refractivity contribution in [3.63, 3.8) is 0 Å². The molecule has 1 saturated carbocycles. The molecule has 0 atom stereocenters. The first-order chi connectivity index (χ1) is 15.9. The molecule has 178 valence electrons. The van der Waals surface area contributed by atoms with Crippen molar-refractivity contribution in [2.75, 3.05) is 30.8 Å². The van der Waals surface area contributed by atoms with Gasteiger partial charge in [-0.2, -0.15) is 0 Å². The summed E-state index contributed by atoms with van der Waals surface area (Å²) < 4.78 is 0. The van der Waals surface area contributed by atoms with Crippen molar-refractivity contribution in [2.45, 2.75) is 69.9 Å². The van der Waals surface area contributed by atoms with Gasteiger partial charge < -0.3 is 26.4 Å². The average molecular weight is 453 g/mol. The number of piperidine rings is 1. The molecule has 2 aliphatic rings. The Balaban J connectivity index is 1.53. The van der Waals surface area contributed by atoms with Crippen molar-refractivity contribution >= 4 is 23.2 Å². The molecule has 1 saturated heterocycles. The SMILES string of the molecule is CCc1nc(C(N)=O)c(Nc2ccc(C3CCN(C)CC3)cc2)nc1NC1CCC(O)CC1. The number of amides is 1. The Labute approximate surface area is 196 Å². The van der Waals surface area contributed by atoms with E-state index in [0.29, 0.717) is 24.0 Å². The molecule has 0 unspecified atom stereocenters. The first-order valence-electron chi connectivity index (χ1n) is 12.1. The quantitative estimate of drug-likeness (QED) is 0.509. The number of aryl methyl sites for hydroxylation is 1. The van der Waals surface area contributed by atoms with E-state index >= 15 is 0 Å². The average Bonchev–Trinajstić information content (AvgIpc) is 2.81. The van der Waals surface area contributed by atoms with Crippen LogP contribution < -0.4 is 16.4 Å². The zero-order chi connectivity index (χ0) is 23.4. The number of nitrogens with two attached hydrogens (primary N) is 1. The number of carbonyl (C=O) groups excluding carboxylic acids is 1. The van der Waals surface area contributed by atoms with Gasteiger partial charge in [-0.05, 0) is 88.7 Å². The van der Waals surface area contributed by atoms with Crippen molar-refractivity contribution in [3.05, 3.63) is 41.2 Å². The molecular formula is C25H36N6O2. The van der Waals surface area contributed by atoms with Crippen LogP contribution in [0.1, 0.15) is 73.1 Å². The third-order valence-corrected chi connectivity index (χ3v) is 6.94. The molecular weight excluding hydrogens is 416 g/mol. The Morgan fingerprint density at radius 2 is 1.73 bits per heavy atom. The van der Waals surface area contributed by atoms with Crippen molar-refractivity contribution in [3.8, 4) is 0 Å². The highest BCUT2D eigenvalue weighted by molar-refractivity contribution is 5.96. The summed E-state index contributed by atoms with van der Waals surface area (Å²) in [5, 5.41) is 16.5. The van der Waals surface area contributed by atoms with Gasteiger partial charge in [0.05, 0.1) is 11.8 Å². The maximum Gasteiger partial charge on any atom is 0.271 e. The lowest BCUT2D eigenvalue weighted by Gasteiger charge is -2.29. The predicted molar refractivity (Wildman–Crippen MR) is 131 cm³/mol. The fourth-order valence-electron chi connectivity index (χ4n) is 4.82. The largest absolute Gasteiger partial charge is 0.393 e. The van der Waals surface area contributed by atoms with Gasteiger partial charge in [-0.15, -0.1) is 0 Å². The van der Waals surface area contributed by atoms with Crippen molar-refractivity contribution in [1.82, 2.24) is 14.9 Å². The smallest absolute Gasteiger partial charge is 0.271 e. The van der Waals surface area contributed by atoms with Crippen LogP contribution in [0.25, 0.3) is 0 Å². The summed E-state index contributed by atoms with van der Waals surface area (Å²) >= 11 is 0. The zero-order valence-electron chi connectivity index (χ0n) is 19.7. The zero-order valence-corrected chi connectivity index (χ0v) is 19.7. The first kappa shape index (κ1) is 23.4. The number of aliphatic hydroxyl groups excluding tert-OH is 1. The number of anilines is 3. The van der Waals surface area contributed by atoms with Gasteiger partial charge in [0.15, 0.2) is 11.5 Å². The van der Waals surface area contributed by atoms with Crippen LogP contribution in [0.4, 0.5) is 17.3 Å². The molecule has 8 nitrogen and oxygen atoms in total. The van der Waals surface area contributed by atoms with Gasteiger partial charge in [-0.3, -0.25) is 4.79 Å². The highest BCUT2D eigenvalue weighted by Crippen LogP contribution is 2.30. The Hall–Kier alpha value is -2.71. The molecule has 2 aromatic rings. The van der Waals surface area contributed by atoms with Crippen LogP contribution in [0.3, 0.4) is 0 Å². The molecule has 1 aliphatic carbocycles. The number of rotatable bonds is 7. The summed E-state index contributed by atoms with van der Waals surface area (Å²) in [6.07, 6.45) is 6.08. The van der Waals surface area contributed by atoms with Crippen LogP contribution in [-0.4, -0.2) is 58.2 Å². The molecule has 1 amide bonds. The molecule has 0 bridgehead atoms. The van der Waals surface area contributed by atoms with Gasteiger partial charge in [-0.1, -0.05) is 19.1 Å². The monoisotopic (exact) mass is 452 g/mol. The molecule has 33 heavy (non-hydrogen) atoms. The fraction of sp³-hybridized carbons (Fsp3) is 0.560. The number of hydrogen-bond acceptors (Lipinski definition) is 7. The molecule has 1 aromatic heterocycles. The summed E-state index contributed by atoms with van der Waals surface area (Å²) in [4.78, 5) is 23.8. The van der Waals surface area contributed by atoms with E-state index in [4.69, 9.17) is 10.7 Å². The third kappa shape index (κ3) is 5.81. The molecule has 2 heterocycles. The van der Waals surface area contributed by atoms with E-state index < -0.39 is 5.91 Å². The van der Waals surface area contributed by atoms with Crippen LogP contribution in [0.5, 0.6) is 0 Å². The van der Waals surface area contributed by atoms with E-state index in [0.717, 1.165) is 50.2 Å². The molecule has 1 aliphatic heterocycles. The van der Waals surface area contributed by atoms with Gasteiger partial charge in [0, 0.05) is 11.7 Å². The number of aromatic nitrogens is 2. The lowest BCUT2D eigenvalue weighted by Crippen LogP contribution is -2.29. The van der Waals surface area contributed by atoms with Gasteiger partial charge in [0.25, 0.3) is 5.91 Å². The third-order valence-electron chi connectivity index (χ3n) is 6.94. The number of likely N-dealkylation sites (tertiary alicyclic amines) is 1. The molecule has 8 heteroatoms. The second-order valence-corrected chi connectivity index (χ2v) is 9.41. The summed E-state index contributed by atoms with van der Waals surface area (Å²) in [7, 11) is 2.17. The van der Waals surface area contributed by atoms with Gasteiger partial charge >= 0.3 is 0 Å². The second-order valence-electron chi connectivity index (χ2n) is 9.41. The Kier molecular flexibility index (Phi) is 7.45. The Morgan fingerprint density at radius 1 is 1.06 bits per heavy atom. The van der Waals surface area contributed by atoms with Gasteiger partial charge in [-0.25, -0.2) is 9.97 Å². The minimum Gasteiger partial charge on any atom is -0.393 e. The lowest BCUT2D eigenvalue weighted by atomic mass is 9.89. The van der Waals surface area contributed by atoms with Gasteiger partial charge in [0.2, 0.25) is 0 Å². The molecule has 2 fully saturated rings. The van der Waals surface area contributed by atoms with Crippen LogP contribution in [-0.2, 0) is 6.42 Å². The second kappa shape index (κ2) is 10.5. The van der Waals surface area contributed by atoms with E-state index in [1.54, 1.807) is 0 Å². The summed E-state index contributed by atoms with van der Waals surface area (Å²) in [5.74, 6) is 1.03. The highest BCUT2D eigenvalue weighted by Gasteiger charge is 2.23. The molecule has 0 spiro atoms. The molecule has 0 radical (unpaired) electrons. The van der Waals surface area contributed by atoms with Crippen LogP contribution >= 0.6 is 0 Å². The Bertz CT molecular complexity index is 948. The molecule has 4 rings (SSSR count). The fourth-order valence-corrected chi connectivity index (χ4v) is 4.82. The van der Waals surface area contributed by atoms with Gasteiger partial charge in [0.1, 0.15) is 5.82 Å². The summed E-state index contributed by atoms with van der Waals surface area (Å²) in [6.45, 7) is 4.24. The minimum atomic E-state index is -0.602. The number of hydrogen-bond donors (Lipinski definition) is 4. The van der Waals surface area contributed by atoms with Crippen molar-refractivity contribution < 1.29 is 9.90 Å². The number of nitrogens with one attached hydrogen (secondary N) is 2. The standard InChI is InChI=1S/C25H36N6O2/c1-3-21-24(27-19-8-10-20(32)11-9-19)30-25(22(29-21)23(26)33)28-18-6-4-16(5-7-18)17-12-14-31(2)15-13-17/h4-7,17,19-20,32H,3,8-15H2,1-2H3,(H2,26,33)(H2,27,28,30). The maximum atomic E-state index is 12.1. The first-order valence-corrected chi connectivity index (χ1v) is 12.1. The molecule has 1 aromatic carbocycles. The summed E-state index contributed by atoms with van der Waals surface area (Å²) in [5.41, 5.74) is 8.70. The van der Waals surface area contributed by atoms with Crippen molar-refractivity contribution in [1.29, 1.82) is 0 Å². The number of carbonyl (C=O) groups is 1. The number of nitrogens with zero attached hydrogens (tertiary/aromatic N) is 3. The maximum absolute atomic E-state index is 12.1. The predicted octanol–water partition coefficient (Wildman–Crippen LogP) is 3.41. The van der Waals surface area contributed by atoms with Crippen LogP contribution in [0.2, 0.25) is 0 Å².